The van der Waals surface area contributed by atoms with Gasteiger partial charge in [-0.15, -0.1) is 0 Å². The Bertz CT molecular complexity index is 542. The SMILES string of the molecule is CCOC(C)c1noc(-c2cc(F)ccc2N)n1. The number of nitrogens with zero attached hydrogens (tertiary/aromatic N) is 2. The highest BCUT2D eigenvalue weighted by Crippen LogP contribution is 2.26. The first-order valence-electron chi connectivity index (χ1n) is 5.62. The zero-order chi connectivity index (χ0) is 13.1. The monoisotopic (exact) mass is 251 g/mol. The minimum absolute atomic E-state index is 0.188. The molecule has 0 aliphatic rings. The lowest BCUT2D eigenvalue weighted by atomic mass is 10.2. The Hall–Kier alpha value is -1.95. The standard InChI is InChI=1S/C12H14FN3O2/c1-3-17-7(2)11-15-12(18-16-11)9-6-8(13)4-5-10(9)14/h4-7H,3,14H2,1-2H3. The lowest BCUT2D eigenvalue weighted by Gasteiger charge is -2.04. The molecule has 0 saturated carbocycles. The minimum atomic E-state index is -0.406. The molecule has 0 radical (unpaired) electrons. The van der Waals surface area contributed by atoms with Crippen LogP contribution in [-0.2, 0) is 4.74 Å². The van der Waals surface area contributed by atoms with E-state index in [-0.39, 0.29) is 12.0 Å². The van der Waals surface area contributed by atoms with E-state index >= 15 is 0 Å². The van der Waals surface area contributed by atoms with Crippen molar-refractivity contribution in [1.82, 2.24) is 10.1 Å². The molecule has 6 heteroatoms. The molecule has 2 N–H and O–H groups in total. The predicted molar refractivity (Wildman–Crippen MR) is 64.1 cm³/mol. The summed E-state index contributed by atoms with van der Waals surface area (Å²) in [7, 11) is 0. The van der Waals surface area contributed by atoms with E-state index in [4.69, 9.17) is 15.0 Å². The highest BCUT2D eigenvalue weighted by Gasteiger charge is 2.16. The second kappa shape index (κ2) is 5.14. The van der Waals surface area contributed by atoms with E-state index in [1.165, 1.54) is 18.2 Å². The van der Waals surface area contributed by atoms with Gasteiger partial charge in [-0.25, -0.2) is 4.39 Å². The van der Waals surface area contributed by atoms with Gasteiger partial charge in [-0.3, -0.25) is 0 Å². The number of benzene rings is 1. The number of ether oxygens (including phenoxy) is 1. The smallest absolute Gasteiger partial charge is 0.260 e. The van der Waals surface area contributed by atoms with Crippen molar-refractivity contribution in [1.29, 1.82) is 0 Å². The second-order valence-corrected chi connectivity index (χ2v) is 3.79. The summed E-state index contributed by atoms with van der Waals surface area (Å²) in [6, 6.07) is 4.00. The van der Waals surface area contributed by atoms with E-state index in [2.05, 4.69) is 10.1 Å². The molecular weight excluding hydrogens is 237 g/mol. The third kappa shape index (κ3) is 2.48. The number of rotatable bonds is 4. The molecule has 96 valence electrons. The highest BCUT2D eigenvalue weighted by molar-refractivity contribution is 5.70. The fourth-order valence-corrected chi connectivity index (χ4v) is 1.55. The molecule has 0 bridgehead atoms. The van der Waals surface area contributed by atoms with Crippen LogP contribution in [0.1, 0.15) is 25.8 Å². The first kappa shape index (κ1) is 12.5. The van der Waals surface area contributed by atoms with Crippen molar-refractivity contribution >= 4 is 5.69 Å². The van der Waals surface area contributed by atoms with Crippen molar-refractivity contribution in [2.75, 3.05) is 12.3 Å². The summed E-state index contributed by atoms with van der Waals surface area (Å²) in [6.45, 7) is 4.24. The number of hydrogen-bond acceptors (Lipinski definition) is 5. The maximum atomic E-state index is 13.1. The van der Waals surface area contributed by atoms with Gasteiger partial charge in [0.2, 0.25) is 5.82 Å². The van der Waals surface area contributed by atoms with Crippen LogP contribution in [0.4, 0.5) is 10.1 Å². The summed E-state index contributed by atoms with van der Waals surface area (Å²) in [5.41, 5.74) is 6.51. The van der Waals surface area contributed by atoms with Gasteiger partial charge in [-0.2, -0.15) is 4.98 Å². The van der Waals surface area contributed by atoms with E-state index < -0.39 is 5.82 Å². The van der Waals surface area contributed by atoms with Crippen molar-refractivity contribution in [3.8, 4) is 11.5 Å². The number of nitrogens with two attached hydrogens (primary N) is 1. The number of hydrogen-bond donors (Lipinski definition) is 1. The third-order valence-corrected chi connectivity index (χ3v) is 2.47. The zero-order valence-electron chi connectivity index (χ0n) is 10.2. The number of aromatic nitrogens is 2. The van der Waals surface area contributed by atoms with Crippen LogP contribution >= 0.6 is 0 Å². The summed E-state index contributed by atoms with van der Waals surface area (Å²) in [6.07, 6.45) is -0.276. The van der Waals surface area contributed by atoms with Gasteiger partial charge in [0.25, 0.3) is 5.89 Å². The third-order valence-electron chi connectivity index (χ3n) is 2.47. The molecule has 0 saturated heterocycles. The minimum Gasteiger partial charge on any atom is -0.398 e. The van der Waals surface area contributed by atoms with Crippen LogP contribution in [0, 0.1) is 5.82 Å². The first-order chi connectivity index (χ1) is 8.61. The molecule has 1 atom stereocenters. The summed E-state index contributed by atoms with van der Waals surface area (Å²) < 4.78 is 23.6. The fraction of sp³-hybridized carbons (Fsp3) is 0.333. The zero-order valence-corrected chi connectivity index (χ0v) is 10.2. The molecule has 18 heavy (non-hydrogen) atoms. The normalized spacial score (nSPS) is 12.6. The Morgan fingerprint density at radius 3 is 3.00 bits per heavy atom. The van der Waals surface area contributed by atoms with E-state index in [9.17, 15) is 4.39 Å². The maximum absolute atomic E-state index is 13.1. The number of halogens is 1. The molecule has 2 aromatic rings. The Kier molecular flexibility index (Phi) is 3.57. The lowest BCUT2D eigenvalue weighted by molar-refractivity contribution is 0.0683. The van der Waals surface area contributed by atoms with Gasteiger partial charge in [0.05, 0.1) is 5.56 Å². The molecule has 1 aromatic carbocycles. The number of nitrogen functional groups attached to an aromatic ring is 1. The molecule has 1 unspecified atom stereocenters. The van der Waals surface area contributed by atoms with Crippen molar-refractivity contribution < 1.29 is 13.7 Å². The molecule has 5 nitrogen and oxygen atoms in total. The topological polar surface area (TPSA) is 74.2 Å². The van der Waals surface area contributed by atoms with Gasteiger partial charge in [-0.05, 0) is 32.0 Å². The largest absolute Gasteiger partial charge is 0.398 e. The van der Waals surface area contributed by atoms with Crippen molar-refractivity contribution in [2.45, 2.75) is 20.0 Å². The average molecular weight is 251 g/mol. The summed E-state index contributed by atoms with van der Waals surface area (Å²) in [5.74, 6) is 0.195. The van der Waals surface area contributed by atoms with E-state index in [0.717, 1.165) is 0 Å². The van der Waals surface area contributed by atoms with Crippen LogP contribution < -0.4 is 5.73 Å². The van der Waals surface area contributed by atoms with Crippen LogP contribution in [0.5, 0.6) is 0 Å². The van der Waals surface area contributed by atoms with Crippen LogP contribution in [0.3, 0.4) is 0 Å². The quantitative estimate of drug-likeness (QED) is 0.845. The summed E-state index contributed by atoms with van der Waals surface area (Å²) in [4.78, 5) is 4.15. The average Bonchev–Trinajstić information content (AvgIpc) is 2.82. The van der Waals surface area contributed by atoms with Crippen molar-refractivity contribution in [3.63, 3.8) is 0 Å². The lowest BCUT2D eigenvalue weighted by Crippen LogP contribution is -2.01. The van der Waals surface area contributed by atoms with Crippen LogP contribution in [0.25, 0.3) is 11.5 Å². The van der Waals surface area contributed by atoms with Gasteiger partial charge in [0, 0.05) is 12.3 Å². The molecular formula is C12H14FN3O2. The van der Waals surface area contributed by atoms with E-state index in [1.54, 1.807) is 0 Å². The maximum Gasteiger partial charge on any atom is 0.260 e. The van der Waals surface area contributed by atoms with Gasteiger partial charge in [0.1, 0.15) is 11.9 Å². The molecule has 0 aliphatic carbocycles. The van der Waals surface area contributed by atoms with Crippen LogP contribution in [0.2, 0.25) is 0 Å². The molecule has 1 aromatic heterocycles. The Morgan fingerprint density at radius 1 is 1.50 bits per heavy atom. The summed E-state index contributed by atoms with van der Waals surface area (Å²) in [5, 5.41) is 3.79. The van der Waals surface area contributed by atoms with E-state index in [1.807, 2.05) is 13.8 Å². The highest BCUT2D eigenvalue weighted by atomic mass is 19.1. The molecule has 0 amide bonds. The Balaban J connectivity index is 2.32. The van der Waals surface area contributed by atoms with Crippen LogP contribution in [-0.4, -0.2) is 16.7 Å². The molecule has 0 aliphatic heterocycles. The number of anilines is 1. The molecule has 0 spiro atoms. The Labute approximate surface area is 104 Å². The Morgan fingerprint density at radius 2 is 2.28 bits per heavy atom. The fourth-order valence-electron chi connectivity index (χ4n) is 1.55. The molecule has 2 rings (SSSR count). The van der Waals surface area contributed by atoms with Crippen LogP contribution in [0.15, 0.2) is 22.7 Å². The summed E-state index contributed by atoms with van der Waals surface area (Å²) >= 11 is 0. The molecule has 1 heterocycles. The van der Waals surface area contributed by atoms with Crippen molar-refractivity contribution in [2.24, 2.45) is 0 Å². The van der Waals surface area contributed by atoms with Gasteiger partial charge in [0.15, 0.2) is 0 Å². The van der Waals surface area contributed by atoms with Crippen molar-refractivity contribution in [3.05, 3.63) is 29.8 Å². The van der Waals surface area contributed by atoms with E-state index in [0.29, 0.717) is 23.7 Å². The van der Waals surface area contributed by atoms with Gasteiger partial charge >= 0.3 is 0 Å². The second-order valence-electron chi connectivity index (χ2n) is 3.79. The van der Waals surface area contributed by atoms with Gasteiger partial charge < -0.3 is 15.0 Å². The first-order valence-corrected chi connectivity index (χ1v) is 5.62. The van der Waals surface area contributed by atoms with Gasteiger partial charge in [-0.1, -0.05) is 5.16 Å². The molecule has 0 fully saturated rings. The predicted octanol–water partition coefficient (Wildman–Crippen LogP) is 2.56.